The van der Waals surface area contributed by atoms with Crippen LogP contribution in [0.2, 0.25) is 5.02 Å². The van der Waals surface area contributed by atoms with E-state index in [1.165, 1.54) is 0 Å². The molecular weight excluding hydrogens is 279 g/mol. The van der Waals surface area contributed by atoms with Crippen molar-refractivity contribution >= 4 is 28.2 Å². The Kier molecular flexibility index (Phi) is 2.81. The van der Waals surface area contributed by atoms with E-state index < -0.39 is 34.7 Å². The molecule has 0 aliphatic carbocycles. The highest BCUT2D eigenvalue weighted by Crippen LogP contribution is 2.36. The van der Waals surface area contributed by atoms with Crippen molar-refractivity contribution in [3.8, 4) is 0 Å². The standard InChI is InChI=1S/C10H4ClF5N2/c11-4-1-3-6(2-5(4)12)18-9(10(14,15)16)7(13)8(3)17/h1-2H,(H2,17,18). The van der Waals surface area contributed by atoms with Gasteiger partial charge in [0.15, 0.2) is 11.5 Å². The zero-order chi connectivity index (χ0) is 13.7. The van der Waals surface area contributed by atoms with Crippen LogP contribution in [0.15, 0.2) is 12.1 Å². The van der Waals surface area contributed by atoms with E-state index in [2.05, 4.69) is 4.98 Å². The summed E-state index contributed by atoms with van der Waals surface area (Å²) >= 11 is 5.44. The molecule has 2 rings (SSSR count). The van der Waals surface area contributed by atoms with Crippen LogP contribution in [0.5, 0.6) is 0 Å². The number of pyridine rings is 1. The van der Waals surface area contributed by atoms with E-state index in [0.717, 1.165) is 6.07 Å². The molecule has 0 spiro atoms. The zero-order valence-electron chi connectivity index (χ0n) is 8.45. The fraction of sp³-hybridized carbons (Fsp3) is 0.100. The SMILES string of the molecule is Nc1c(F)c(C(F)(F)F)nc2cc(F)c(Cl)cc12. The molecule has 0 saturated carbocycles. The van der Waals surface area contributed by atoms with E-state index in [1.807, 2.05) is 0 Å². The summed E-state index contributed by atoms with van der Waals surface area (Å²) in [7, 11) is 0. The monoisotopic (exact) mass is 282 g/mol. The molecule has 0 amide bonds. The molecule has 1 aromatic heterocycles. The van der Waals surface area contributed by atoms with Gasteiger partial charge in [-0.15, -0.1) is 0 Å². The van der Waals surface area contributed by atoms with Crippen molar-refractivity contribution < 1.29 is 22.0 Å². The second-order valence-electron chi connectivity index (χ2n) is 3.47. The highest BCUT2D eigenvalue weighted by atomic mass is 35.5. The first kappa shape index (κ1) is 12.8. The lowest BCUT2D eigenvalue weighted by Gasteiger charge is -2.11. The minimum Gasteiger partial charge on any atom is -0.396 e. The molecule has 0 fully saturated rings. The minimum atomic E-state index is -5.01. The summed E-state index contributed by atoms with van der Waals surface area (Å²) in [6.07, 6.45) is -5.01. The van der Waals surface area contributed by atoms with Gasteiger partial charge in [0, 0.05) is 11.5 Å². The number of nitrogen functional groups attached to an aromatic ring is 1. The first-order chi connectivity index (χ1) is 8.21. The van der Waals surface area contributed by atoms with Gasteiger partial charge in [-0.3, -0.25) is 0 Å². The maximum atomic E-state index is 13.4. The van der Waals surface area contributed by atoms with Gasteiger partial charge in [-0.05, 0) is 6.07 Å². The second-order valence-corrected chi connectivity index (χ2v) is 3.88. The average molecular weight is 283 g/mol. The summed E-state index contributed by atoms with van der Waals surface area (Å²) in [4.78, 5) is 3.03. The van der Waals surface area contributed by atoms with Crippen LogP contribution in [0.4, 0.5) is 27.6 Å². The van der Waals surface area contributed by atoms with Crippen LogP contribution in [0.3, 0.4) is 0 Å². The van der Waals surface area contributed by atoms with E-state index in [9.17, 15) is 22.0 Å². The summed E-state index contributed by atoms with van der Waals surface area (Å²) in [5, 5.41) is -0.554. The topological polar surface area (TPSA) is 38.9 Å². The van der Waals surface area contributed by atoms with Crippen LogP contribution < -0.4 is 5.73 Å². The molecule has 2 N–H and O–H groups in total. The molecule has 96 valence electrons. The number of anilines is 1. The molecule has 18 heavy (non-hydrogen) atoms. The lowest BCUT2D eigenvalue weighted by Crippen LogP contribution is -2.13. The normalized spacial score (nSPS) is 12.1. The van der Waals surface area contributed by atoms with Crippen LogP contribution in [0.25, 0.3) is 10.9 Å². The van der Waals surface area contributed by atoms with Gasteiger partial charge in [0.05, 0.1) is 16.2 Å². The molecule has 1 aromatic carbocycles. The van der Waals surface area contributed by atoms with Gasteiger partial charge in [0.25, 0.3) is 0 Å². The van der Waals surface area contributed by atoms with Crippen LogP contribution in [-0.4, -0.2) is 4.98 Å². The van der Waals surface area contributed by atoms with Crippen molar-refractivity contribution in [2.24, 2.45) is 0 Å². The Morgan fingerprint density at radius 3 is 2.33 bits per heavy atom. The molecule has 8 heteroatoms. The smallest absolute Gasteiger partial charge is 0.396 e. The maximum absolute atomic E-state index is 13.4. The third-order valence-electron chi connectivity index (χ3n) is 2.27. The Labute approximate surface area is 102 Å². The summed E-state index contributed by atoms with van der Waals surface area (Å²) < 4.78 is 63.9. The van der Waals surface area contributed by atoms with Gasteiger partial charge in [-0.25, -0.2) is 13.8 Å². The second kappa shape index (κ2) is 3.94. The number of hydrogen-bond acceptors (Lipinski definition) is 2. The lowest BCUT2D eigenvalue weighted by atomic mass is 10.1. The molecule has 0 atom stereocenters. The van der Waals surface area contributed by atoms with Crippen LogP contribution in [-0.2, 0) is 6.18 Å². The van der Waals surface area contributed by atoms with Gasteiger partial charge in [-0.1, -0.05) is 11.6 Å². The molecule has 2 aromatic rings. The number of halogens is 6. The molecular formula is C10H4ClF5N2. The van der Waals surface area contributed by atoms with Crippen molar-refractivity contribution in [1.29, 1.82) is 0 Å². The maximum Gasteiger partial charge on any atom is 0.436 e. The third kappa shape index (κ3) is 1.94. The summed E-state index contributed by atoms with van der Waals surface area (Å²) in [6.45, 7) is 0. The number of hydrogen-bond donors (Lipinski definition) is 1. The van der Waals surface area contributed by atoms with E-state index in [1.54, 1.807) is 0 Å². The summed E-state index contributed by atoms with van der Waals surface area (Å²) in [6, 6.07) is 1.60. The number of benzene rings is 1. The van der Waals surface area contributed by atoms with Crippen LogP contribution >= 0.6 is 11.6 Å². The van der Waals surface area contributed by atoms with Crippen molar-refractivity contribution in [1.82, 2.24) is 4.98 Å². The van der Waals surface area contributed by atoms with E-state index in [0.29, 0.717) is 6.07 Å². The van der Waals surface area contributed by atoms with Gasteiger partial charge in [0.1, 0.15) is 5.82 Å². The molecule has 0 saturated heterocycles. The highest BCUT2D eigenvalue weighted by molar-refractivity contribution is 6.31. The molecule has 1 heterocycles. The third-order valence-corrected chi connectivity index (χ3v) is 2.56. The number of rotatable bonds is 0. The summed E-state index contributed by atoms with van der Waals surface area (Å²) in [5.74, 6) is -2.66. The van der Waals surface area contributed by atoms with Crippen molar-refractivity contribution in [2.75, 3.05) is 5.73 Å². The Balaban J connectivity index is 2.88. The number of alkyl halides is 3. The minimum absolute atomic E-state index is 0.174. The van der Waals surface area contributed by atoms with Gasteiger partial charge < -0.3 is 5.73 Å². The first-order valence-electron chi connectivity index (χ1n) is 4.52. The van der Waals surface area contributed by atoms with Crippen LogP contribution in [0.1, 0.15) is 5.69 Å². The fourth-order valence-corrected chi connectivity index (χ4v) is 1.61. The van der Waals surface area contributed by atoms with Crippen molar-refractivity contribution in [3.63, 3.8) is 0 Å². The van der Waals surface area contributed by atoms with E-state index in [4.69, 9.17) is 17.3 Å². The molecule has 0 aliphatic heterocycles. The van der Waals surface area contributed by atoms with Gasteiger partial charge >= 0.3 is 6.18 Å². The Morgan fingerprint density at radius 2 is 1.78 bits per heavy atom. The number of aromatic nitrogens is 1. The molecule has 0 radical (unpaired) electrons. The molecule has 2 nitrogen and oxygen atoms in total. The average Bonchev–Trinajstić information content (AvgIpc) is 2.25. The number of fused-ring (bicyclic) bond motifs is 1. The highest BCUT2D eigenvalue weighted by Gasteiger charge is 2.37. The van der Waals surface area contributed by atoms with E-state index >= 15 is 0 Å². The predicted octanol–water partition coefficient (Wildman–Crippen LogP) is 3.77. The lowest BCUT2D eigenvalue weighted by molar-refractivity contribution is -0.143. The van der Waals surface area contributed by atoms with Crippen LogP contribution in [0, 0.1) is 11.6 Å². The van der Waals surface area contributed by atoms with E-state index in [-0.39, 0.29) is 10.4 Å². The quantitative estimate of drug-likeness (QED) is 0.747. The van der Waals surface area contributed by atoms with Crippen molar-refractivity contribution in [3.05, 3.63) is 34.5 Å². The molecule has 0 aliphatic rings. The largest absolute Gasteiger partial charge is 0.436 e. The molecule has 0 unspecified atom stereocenters. The Morgan fingerprint density at radius 1 is 1.17 bits per heavy atom. The summed E-state index contributed by atoms with van der Waals surface area (Å²) in [5.41, 5.74) is 2.27. The Hall–Kier alpha value is -1.63. The predicted molar refractivity (Wildman–Crippen MR) is 56.1 cm³/mol. The molecule has 0 bridgehead atoms. The first-order valence-corrected chi connectivity index (χ1v) is 4.90. The Bertz CT molecular complexity index is 638. The van der Waals surface area contributed by atoms with Gasteiger partial charge in [0.2, 0.25) is 0 Å². The number of nitrogens with zero attached hydrogens (tertiary/aromatic N) is 1. The number of nitrogens with two attached hydrogens (primary N) is 1. The zero-order valence-corrected chi connectivity index (χ0v) is 9.20. The van der Waals surface area contributed by atoms with Crippen molar-refractivity contribution in [2.45, 2.75) is 6.18 Å². The fourth-order valence-electron chi connectivity index (χ4n) is 1.45. The van der Waals surface area contributed by atoms with Gasteiger partial charge in [-0.2, -0.15) is 13.2 Å².